The highest BCUT2D eigenvalue weighted by atomic mass is 15.1. The Balaban J connectivity index is 2.23. The van der Waals surface area contributed by atoms with Crippen LogP contribution < -0.4 is 5.32 Å². The van der Waals surface area contributed by atoms with Crippen molar-refractivity contribution in [3.8, 4) is 0 Å². The van der Waals surface area contributed by atoms with Gasteiger partial charge in [-0.05, 0) is 43.4 Å². The standard InChI is InChI=1S/C17H24N2/c1-4-18-16(13-19(2)3)12-15-10-7-9-14-8-5-6-11-17(14)15/h5-11,16,18H,4,12-13H2,1-3H3. The van der Waals surface area contributed by atoms with Crippen molar-refractivity contribution < 1.29 is 0 Å². The van der Waals surface area contributed by atoms with Gasteiger partial charge in [-0.2, -0.15) is 0 Å². The molecule has 0 saturated heterocycles. The molecule has 102 valence electrons. The Labute approximate surface area is 116 Å². The summed E-state index contributed by atoms with van der Waals surface area (Å²) in [6, 6.07) is 15.8. The SMILES string of the molecule is CCNC(Cc1cccc2ccccc12)CN(C)C. The van der Waals surface area contributed by atoms with E-state index >= 15 is 0 Å². The predicted molar refractivity (Wildman–Crippen MR) is 83.7 cm³/mol. The van der Waals surface area contributed by atoms with Crippen LogP contribution in [-0.2, 0) is 6.42 Å². The first kappa shape index (κ1) is 14.0. The van der Waals surface area contributed by atoms with Gasteiger partial charge in [0, 0.05) is 12.6 Å². The van der Waals surface area contributed by atoms with Gasteiger partial charge in [0.1, 0.15) is 0 Å². The maximum Gasteiger partial charge on any atom is 0.0235 e. The molecule has 0 aliphatic heterocycles. The van der Waals surface area contributed by atoms with Crippen LogP contribution in [0.3, 0.4) is 0 Å². The molecular weight excluding hydrogens is 232 g/mol. The zero-order valence-electron chi connectivity index (χ0n) is 12.2. The predicted octanol–water partition coefficient (Wildman–Crippen LogP) is 2.92. The van der Waals surface area contributed by atoms with E-state index in [0.29, 0.717) is 6.04 Å². The second-order valence-electron chi connectivity index (χ2n) is 5.36. The first-order valence-corrected chi connectivity index (χ1v) is 7.05. The van der Waals surface area contributed by atoms with Gasteiger partial charge in [0.05, 0.1) is 0 Å². The molecule has 0 heterocycles. The summed E-state index contributed by atoms with van der Waals surface area (Å²) in [5.74, 6) is 0. The lowest BCUT2D eigenvalue weighted by atomic mass is 9.98. The molecule has 19 heavy (non-hydrogen) atoms. The number of fused-ring (bicyclic) bond motifs is 1. The smallest absolute Gasteiger partial charge is 0.0235 e. The fraction of sp³-hybridized carbons (Fsp3) is 0.412. The zero-order valence-corrected chi connectivity index (χ0v) is 12.2. The van der Waals surface area contributed by atoms with Crippen molar-refractivity contribution in [1.29, 1.82) is 0 Å². The molecule has 0 amide bonds. The summed E-state index contributed by atoms with van der Waals surface area (Å²) in [6.07, 6.45) is 1.08. The lowest BCUT2D eigenvalue weighted by Gasteiger charge is -2.22. The Morgan fingerprint density at radius 3 is 2.53 bits per heavy atom. The average Bonchev–Trinajstić information content (AvgIpc) is 2.39. The number of hydrogen-bond donors (Lipinski definition) is 1. The highest BCUT2D eigenvalue weighted by Crippen LogP contribution is 2.19. The molecule has 2 aromatic rings. The quantitative estimate of drug-likeness (QED) is 0.855. The van der Waals surface area contributed by atoms with Crippen LogP contribution in [0.1, 0.15) is 12.5 Å². The number of rotatable bonds is 6. The molecule has 1 unspecified atom stereocenters. The lowest BCUT2D eigenvalue weighted by molar-refractivity contribution is 0.339. The number of nitrogens with one attached hydrogen (secondary N) is 1. The Hall–Kier alpha value is -1.38. The van der Waals surface area contributed by atoms with E-state index in [4.69, 9.17) is 0 Å². The van der Waals surface area contributed by atoms with E-state index in [-0.39, 0.29) is 0 Å². The first-order chi connectivity index (χ1) is 9.20. The van der Waals surface area contributed by atoms with Gasteiger partial charge in [-0.25, -0.2) is 0 Å². The molecule has 1 atom stereocenters. The van der Waals surface area contributed by atoms with E-state index in [1.165, 1.54) is 16.3 Å². The van der Waals surface area contributed by atoms with Crippen molar-refractivity contribution >= 4 is 10.8 Å². The highest BCUT2D eigenvalue weighted by Gasteiger charge is 2.11. The van der Waals surface area contributed by atoms with Crippen LogP contribution in [0.25, 0.3) is 10.8 Å². The largest absolute Gasteiger partial charge is 0.313 e. The molecule has 2 nitrogen and oxygen atoms in total. The first-order valence-electron chi connectivity index (χ1n) is 7.05. The lowest BCUT2D eigenvalue weighted by Crippen LogP contribution is -2.39. The normalized spacial score (nSPS) is 13.1. The minimum atomic E-state index is 0.505. The minimum absolute atomic E-state index is 0.505. The third-order valence-electron chi connectivity index (χ3n) is 3.42. The Morgan fingerprint density at radius 1 is 1.05 bits per heavy atom. The monoisotopic (exact) mass is 256 g/mol. The fourth-order valence-electron chi connectivity index (χ4n) is 2.67. The number of hydrogen-bond acceptors (Lipinski definition) is 2. The third kappa shape index (κ3) is 3.79. The van der Waals surface area contributed by atoms with E-state index in [1.807, 2.05) is 0 Å². The maximum absolute atomic E-state index is 3.59. The van der Waals surface area contributed by atoms with E-state index in [0.717, 1.165) is 19.5 Å². The molecule has 2 aromatic carbocycles. The van der Waals surface area contributed by atoms with Crippen LogP contribution in [0.2, 0.25) is 0 Å². The van der Waals surface area contributed by atoms with E-state index < -0.39 is 0 Å². The van der Waals surface area contributed by atoms with Crippen molar-refractivity contribution in [2.24, 2.45) is 0 Å². The van der Waals surface area contributed by atoms with Gasteiger partial charge >= 0.3 is 0 Å². The zero-order chi connectivity index (χ0) is 13.7. The molecule has 0 saturated carbocycles. The van der Waals surface area contributed by atoms with Crippen LogP contribution in [0, 0.1) is 0 Å². The topological polar surface area (TPSA) is 15.3 Å². The fourth-order valence-corrected chi connectivity index (χ4v) is 2.67. The summed E-state index contributed by atoms with van der Waals surface area (Å²) < 4.78 is 0. The maximum atomic E-state index is 3.59. The summed E-state index contributed by atoms with van der Waals surface area (Å²) in [7, 11) is 4.26. The number of likely N-dealkylation sites (N-methyl/N-ethyl adjacent to an activating group) is 2. The van der Waals surface area contributed by atoms with Gasteiger partial charge in [-0.1, -0.05) is 49.4 Å². The summed E-state index contributed by atoms with van der Waals surface area (Å²) in [5, 5.41) is 6.30. The molecule has 0 aliphatic carbocycles. The minimum Gasteiger partial charge on any atom is -0.313 e. The summed E-state index contributed by atoms with van der Waals surface area (Å²) in [6.45, 7) is 4.26. The molecule has 0 radical (unpaired) electrons. The molecule has 2 rings (SSSR count). The molecular formula is C17H24N2. The second-order valence-corrected chi connectivity index (χ2v) is 5.36. The van der Waals surface area contributed by atoms with Crippen molar-refractivity contribution in [3.05, 3.63) is 48.0 Å². The number of nitrogens with zero attached hydrogens (tertiary/aromatic N) is 1. The number of benzene rings is 2. The molecule has 0 spiro atoms. The van der Waals surface area contributed by atoms with Crippen molar-refractivity contribution in [1.82, 2.24) is 10.2 Å². The Kier molecular flexibility index (Phi) is 4.94. The molecule has 0 aromatic heterocycles. The van der Waals surface area contributed by atoms with Gasteiger partial charge in [0.15, 0.2) is 0 Å². The van der Waals surface area contributed by atoms with Crippen molar-refractivity contribution in [2.45, 2.75) is 19.4 Å². The van der Waals surface area contributed by atoms with Gasteiger partial charge in [0.25, 0.3) is 0 Å². The van der Waals surface area contributed by atoms with Gasteiger partial charge < -0.3 is 10.2 Å². The molecule has 0 bridgehead atoms. The van der Waals surface area contributed by atoms with Gasteiger partial charge in [-0.3, -0.25) is 0 Å². The average molecular weight is 256 g/mol. The second kappa shape index (κ2) is 6.69. The summed E-state index contributed by atoms with van der Waals surface area (Å²) >= 11 is 0. The Morgan fingerprint density at radius 2 is 1.79 bits per heavy atom. The van der Waals surface area contributed by atoms with Gasteiger partial charge in [0.2, 0.25) is 0 Å². The summed E-state index contributed by atoms with van der Waals surface area (Å²) in [5.41, 5.74) is 1.44. The van der Waals surface area contributed by atoms with Gasteiger partial charge in [-0.15, -0.1) is 0 Å². The van der Waals surface area contributed by atoms with E-state index in [9.17, 15) is 0 Å². The van der Waals surface area contributed by atoms with Crippen LogP contribution in [0.4, 0.5) is 0 Å². The summed E-state index contributed by atoms with van der Waals surface area (Å²) in [4.78, 5) is 2.25. The highest BCUT2D eigenvalue weighted by molar-refractivity contribution is 5.85. The molecule has 0 aliphatic rings. The van der Waals surface area contributed by atoms with Crippen LogP contribution in [0.15, 0.2) is 42.5 Å². The van der Waals surface area contributed by atoms with Crippen LogP contribution in [-0.4, -0.2) is 38.1 Å². The van der Waals surface area contributed by atoms with Crippen molar-refractivity contribution in [2.75, 3.05) is 27.2 Å². The Bertz CT molecular complexity index is 514. The third-order valence-corrected chi connectivity index (χ3v) is 3.42. The van der Waals surface area contributed by atoms with Crippen molar-refractivity contribution in [3.63, 3.8) is 0 Å². The molecule has 2 heteroatoms. The molecule has 0 fully saturated rings. The van der Waals surface area contributed by atoms with Crippen LogP contribution in [0.5, 0.6) is 0 Å². The van der Waals surface area contributed by atoms with E-state index in [1.54, 1.807) is 0 Å². The van der Waals surface area contributed by atoms with Crippen LogP contribution >= 0.6 is 0 Å². The van der Waals surface area contributed by atoms with E-state index in [2.05, 4.69) is 73.7 Å². The molecule has 1 N–H and O–H groups in total.